The number of halogens is 4. The molecule has 0 spiro atoms. The minimum Gasteiger partial charge on any atom is -0.376 e. The van der Waals surface area contributed by atoms with Crippen molar-refractivity contribution in [1.29, 1.82) is 0 Å². The fourth-order valence-corrected chi connectivity index (χ4v) is 3.06. The Kier molecular flexibility index (Phi) is 4.84. The van der Waals surface area contributed by atoms with Crippen LogP contribution < -0.4 is 5.32 Å². The van der Waals surface area contributed by atoms with E-state index in [0.717, 1.165) is 23.4 Å². The molecule has 1 nitrogen and oxygen atoms in total. The van der Waals surface area contributed by atoms with E-state index in [-0.39, 0.29) is 11.1 Å². The Labute approximate surface area is 130 Å². The van der Waals surface area contributed by atoms with Gasteiger partial charge in [-0.3, -0.25) is 0 Å². The number of hydrogen-bond donors (Lipinski definition) is 1. The van der Waals surface area contributed by atoms with Crippen LogP contribution in [-0.4, -0.2) is 0 Å². The number of aryl methyl sites for hydroxylation is 1. The third kappa shape index (κ3) is 3.92. The third-order valence-corrected chi connectivity index (χ3v) is 4.87. The number of hydrogen-bond acceptors (Lipinski definition) is 2. The molecule has 0 aliphatic heterocycles. The Morgan fingerprint density at radius 3 is 2.52 bits per heavy atom. The first-order chi connectivity index (χ1) is 9.81. The van der Waals surface area contributed by atoms with E-state index < -0.39 is 11.7 Å². The van der Waals surface area contributed by atoms with E-state index in [2.05, 4.69) is 12.2 Å². The summed E-state index contributed by atoms with van der Waals surface area (Å²) in [7, 11) is 0. The Hall–Kier alpha value is -1.20. The van der Waals surface area contributed by atoms with Gasteiger partial charge in [-0.2, -0.15) is 13.2 Å². The maximum atomic E-state index is 12.7. The zero-order chi connectivity index (χ0) is 15.6. The van der Waals surface area contributed by atoms with Gasteiger partial charge in [-0.25, -0.2) is 0 Å². The standard InChI is InChI=1S/C15H15ClF3NS/c1-3-11-5-7-14(21-11)9(2)20-13-8-10(15(17,18)19)4-6-12(13)16/h4-9,20H,3H2,1-2H3. The first kappa shape index (κ1) is 16.2. The van der Waals surface area contributed by atoms with Gasteiger partial charge in [0.15, 0.2) is 0 Å². The molecule has 0 aliphatic rings. The van der Waals surface area contributed by atoms with Gasteiger partial charge < -0.3 is 5.32 Å². The molecule has 0 radical (unpaired) electrons. The van der Waals surface area contributed by atoms with Crippen molar-refractivity contribution in [2.24, 2.45) is 0 Å². The first-order valence-corrected chi connectivity index (χ1v) is 7.72. The van der Waals surface area contributed by atoms with Crippen LogP contribution in [0.2, 0.25) is 5.02 Å². The van der Waals surface area contributed by atoms with Crippen LogP contribution in [0.25, 0.3) is 0 Å². The van der Waals surface area contributed by atoms with Gasteiger partial charge in [-0.1, -0.05) is 18.5 Å². The molecule has 1 aromatic carbocycles. The normalized spacial score (nSPS) is 13.2. The van der Waals surface area contributed by atoms with E-state index in [4.69, 9.17) is 11.6 Å². The van der Waals surface area contributed by atoms with E-state index in [1.807, 2.05) is 19.1 Å². The molecule has 1 heterocycles. The first-order valence-electron chi connectivity index (χ1n) is 6.53. The van der Waals surface area contributed by atoms with Crippen LogP contribution in [0.5, 0.6) is 0 Å². The van der Waals surface area contributed by atoms with E-state index >= 15 is 0 Å². The van der Waals surface area contributed by atoms with Crippen LogP contribution in [-0.2, 0) is 12.6 Å². The van der Waals surface area contributed by atoms with Gasteiger partial charge in [-0.15, -0.1) is 11.3 Å². The van der Waals surface area contributed by atoms with Crippen LogP contribution >= 0.6 is 22.9 Å². The monoisotopic (exact) mass is 333 g/mol. The topological polar surface area (TPSA) is 12.0 Å². The number of anilines is 1. The highest BCUT2D eigenvalue weighted by Gasteiger charge is 2.31. The van der Waals surface area contributed by atoms with Crippen LogP contribution in [0.15, 0.2) is 30.3 Å². The number of rotatable bonds is 4. The predicted octanol–water partition coefficient (Wildman–Crippen LogP) is 6.16. The average molecular weight is 334 g/mol. The number of alkyl halides is 3. The van der Waals surface area contributed by atoms with E-state index in [1.54, 1.807) is 11.3 Å². The molecule has 0 amide bonds. The predicted molar refractivity (Wildman–Crippen MR) is 82.2 cm³/mol. The Balaban J connectivity index is 2.22. The lowest BCUT2D eigenvalue weighted by atomic mass is 10.1. The van der Waals surface area contributed by atoms with Gasteiger partial charge in [0.2, 0.25) is 0 Å². The van der Waals surface area contributed by atoms with E-state index in [1.165, 1.54) is 10.9 Å². The van der Waals surface area contributed by atoms with Crippen molar-refractivity contribution in [3.63, 3.8) is 0 Å². The lowest BCUT2D eigenvalue weighted by Crippen LogP contribution is -2.09. The molecule has 0 saturated carbocycles. The Morgan fingerprint density at radius 2 is 1.95 bits per heavy atom. The molecule has 0 bridgehead atoms. The van der Waals surface area contributed by atoms with Crippen molar-refractivity contribution in [3.8, 4) is 0 Å². The summed E-state index contributed by atoms with van der Waals surface area (Å²) in [6, 6.07) is 7.22. The quantitative estimate of drug-likeness (QED) is 0.707. The molecule has 0 saturated heterocycles. The minimum atomic E-state index is -4.37. The largest absolute Gasteiger partial charge is 0.416 e. The van der Waals surface area contributed by atoms with Crippen molar-refractivity contribution in [2.45, 2.75) is 32.5 Å². The lowest BCUT2D eigenvalue weighted by Gasteiger charge is -2.17. The average Bonchev–Trinajstić information content (AvgIpc) is 2.88. The second kappa shape index (κ2) is 6.28. The zero-order valence-corrected chi connectivity index (χ0v) is 13.2. The molecule has 1 atom stereocenters. The van der Waals surface area contributed by atoms with Gasteiger partial charge in [0.25, 0.3) is 0 Å². The van der Waals surface area contributed by atoms with Crippen LogP contribution in [0.1, 0.15) is 35.2 Å². The molecule has 21 heavy (non-hydrogen) atoms. The van der Waals surface area contributed by atoms with Gasteiger partial charge in [0.05, 0.1) is 22.3 Å². The lowest BCUT2D eigenvalue weighted by molar-refractivity contribution is -0.137. The fourth-order valence-electron chi connectivity index (χ4n) is 1.93. The maximum absolute atomic E-state index is 12.7. The molecular weight excluding hydrogens is 319 g/mol. The fraction of sp³-hybridized carbons (Fsp3) is 0.333. The summed E-state index contributed by atoms with van der Waals surface area (Å²) in [4.78, 5) is 2.31. The molecule has 2 rings (SSSR count). The maximum Gasteiger partial charge on any atom is 0.416 e. The highest BCUT2D eigenvalue weighted by Crippen LogP contribution is 2.35. The highest BCUT2D eigenvalue weighted by molar-refractivity contribution is 7.12. The third-order valence-electron chi connectivity index (χ3n) is 3.12. The summed E-state index contributed by atoms with van der Waals surface area (Å²) in [6.07, 6.45) is -3.43. The van der Waals surface area contributed by atoms with Crippen LogP contribution in [0, 0.1) is 0 Å². The number of benzene rings is 1. The molecule has 1 unspecified atom stereocenters. The van der Waals surface area contributed by atoms with Gasteiger partial charge >= 0.3 is 6.18 Å². The molecule has 0 fully saturated rings. The smallest absolute Gasteiger partial charge is 0.376 e. The summed E-state index contributed by atoms with van der Waals surface area (Å²) in [6.45, 7) is 3.97. The summed E-state index contributed by atoms with van der Waals surface area (Å²) in [5.74, 6) is 0. The molecule has 0 aliphatic carbocycles. The summed E-state index contributed by atoms with van der Waals surface area (Å²) >= 11 is 7.63. The van der Waals surface area contributed by atoms with Crippen molar-refractivity contribution in [3.05, 3.63) is 50.7 Å². The van der Waals surface area contributed by atoms with Crippen molar-refractivity contribution >= 4 is 28.6 Å². The van der Waals surface area contributed by atoms with Gasteiger partial charge in [0.1, 0.15) is 0 Å². The summed E-state index contributed by atoms with van der Waals surface area (Å²) in [5, 5.41) is 3.33. The van der Waals surface area contributed by atoms with Crippen LogP contribution in [0.3, 0.4) is 0 Å². The van der Waals surface area contributed by atoms with Crippen molar-refractivity contribution in [2.75, 3.05) is 5.32 Å². The molecule has 1 N–H and O–H groups in total. The molecule has 2 aromatic rings. The van der Waals surface area contributed by atoms with Crippen molar-refractivity contribution in [1.82, 2.24) is 0 Å². The molecular formula is C15H15ClF3NS. The number of nitrogens with one attached hydrogen (secondary N) is 1. The molecule has 114 valence electrons. The van der Waals surface area contributed by atoms with E-state index in [9.17, 15) is 13.2 Å². The SMILES string of the molecule is CCc1ccc(C(C)Nc2cc(C(F)(F)F)ccc2Cl)s1. The van der Waals surface area contributed by atoms with E-state index in [0.29, 0.717) is 5.69 Å². The Morgan fingerprint density at radius 1 is 1.24 bits per heavy atom. The molecule has 1 aromatic heterocycles. The van der Waals surface area contributed by atoms with Crippen LogP contribution in [0.4, 0.5) is 18.9 Å². The number of thiophene rings is 1. The zero-order valence-electron chi connectivity index (χ0n) is 11.6. The Bertz CT molecular complexity index is 622. The molecule has 6 heteroatoms. The summed E-state index contributed by atoms with van der Waals surface area (Å²) < 4.78 is 38.2. The summed E-state index contributed by atoms with van der Waals surface area (Å²) in [5.41, 5.74) is -0.410. The van der Waals surface area contributed by atoms with Gasteiger partial charge in [-0.05, 0) is 43.7 Å². The minimum absolute atomic E-state index is 0.101. The second-order valence-electron chi connectivity index (χ2n) is 4.72. The van der Waals surface area contributed by atoms with Crippen molar-refractivity contribution < 1.29 is 13.2 Å². The highest BCUT2D eigenvalue weighted by atomic mass is 35.5. The second-order valence-corrected chi connectivity index (χ2v) is 6.32. The van der Waals surface area contributed by atoms with Gasteiger partial charge in [0, 0.05) is 9.75 Å².